The molecular weight excluding hydrogens is 278 g/mol. The highest BCUT2D eigenvalue weighted by atomic mass is 32.2. The summed E-state index contributed by atoms with van der Waals surface area (Å²) in [6.45, 7) is 5.47. The second-order valence-electron chi connectivity index (χ2n) is 5.56. The SMILES string of the molecule is CC(C)c1cc(CN(C)CCCS(=O)(=O)N(C)C)on1. The molecule has 0 radical (unpaired) electrons. The maximum Gasteiger partial charge on any atom is 0.213 e. The van der Waals surface area contributed by atoms with Crippen molar-refractivity contribution < 1.29 is 12.9 Å². The van der Waals surface area contributed by atoms with Crippen molar-refractivity contribution in [1.82, 2.24) is 14.4 Å². The third kappa shape index (κ3) is 5.22. The van der Waals surface area contributed by atoms with E-state index in [0.717, 1.165) is 11.5 Å². The van der Waals surface area contributed by atoms with Crippen LogP contribution in [0.4, 0.5) is 0 Å². The van der Waals surface area contributed by atoms with Crippen molar-refractivity contribution in [3.8, 4) is 0 Å². The molecule has 0 N–H and O–H groups in total. The van der Waals surface area contributed by atoms with Crippen LogP contribution in [0.2, 0.25) is 0 Å². The van der Waals surface area contributed by atoms with E-state index in [0.29, 0.717) is 25.4 Å². The van der Waals surface area contributed by atoms with Crippen molar-refractivity contribution in [2.24, 2.45) is 0 Å². The topological polar surface area (TPSA) is 66.7 Å². The van der Waals surface area contributed by atoms with E-state index < -0.39 is 10.0 Å². The van der Waals surface area contributed by atoms with Gasteiger partial charge in [0, 0.05) is 20.2 Å². The number of aromatic nitrogens is 1. The number of rotatable bonds is 8. The zero-order valence-electron chi connectivity index (χ0n) is 13.0. The molecule has 6 nitrogen and oxygen atoms in total. The van der Waals surface area contributed by atoms with E-state index in [4.69, 9.17) is 4.52 Å². The van der Waals surface area contributed by atoms with Gasteiger partial charge in [-0.25, -0.2) is 12.7 Å². The van der Waals surface area contributed by atoms with Gasteiger partial charge in [0.25, 0.3) is 0 Å². The highest BCUT2D eigenvalue weighted by Crippen LogP contribution is 2.15. The van der Waals surface area contributed by atoms with Crippen LogP contribution in [0.1, 0.15) is 37.6 Å². The summed E-state index contributed by atoms with van der Waals surface area (Å²) in [4.78, 5) is 2.04. The number of hydrogen-bond acceptors (Lipinski definition) is 5. The highest BCUT2D eigenvalue weighted by molar-refractivity contribution is 7.89. The normalized spacial score (nSPS) is 12.8. The minimum atomic E-state index is -3.10. The molecule has 0 saturated carbocycles. The first kappa shape index (κ1) is 17.1. The second-order valence-corrected chi connectivity index (χ2v) is 7.86. The number of hydrogen-bond donors (Lipinski definition) is 0. The Kier molecular flexibility index (Phi) is 6.16. The zero-order valence-corrected chi connectivity index (χ0v) is 13.8. The smallest absolute Gasteiger partial charge is 0.213 e. The van der Waals surface area contributed by atoms with E-state index in [1.54, 1.807) is 14.1 Å². The summed E-state index contributed by atoms with van der Waals surface area (Å²) >= 11 is 0. The zero-order chi connectivity index (χ0) is 15.3. The van der Waals surface area contributed by atoms with E-state index >= 15 is 0 Å². The standard InChI is InChI=1S/C13H25N3O3S/c1-11(2)13-9-12(19-14-13)10-16(5)7-6-8-20(17,18)15(3)4/h9,11H,6-8,10H2,1-5H3. The monoisotopic (exact) mass is 303 g/mol. The van der Waals surface area contributed by atoms with Crippen molar-refractivity contribution in [2.45, 2.75) is 32.7 Å². The van der Waals surface area contributed by atoms with Crippen LogP contribution in [-0.2, 0) is 16.6 Å². The van der Waals surface area contributed by atoms with Gasteiger partial charge in [-0.1, -0.05) is 19.0 Å². The van der Waals surface area contributed by atoms with Gasteiger partial charge in [0.15, 0.2) is 5.76 Å². The van der Waals surface area contributed by atoms with Crippen LogP contribution in [-0.4, -0.2) is 56.2 Å². The molecule has 0 spiro atoms. The maximum absolute atomic E-state index is 11.6. The van der Waals surface area contributed by atoms with Gasteiger partial charge in [-0.15, -0.1) is 0 Å². The van der Waals surface area contributed by atoms with Crippen molar-refractivity contribution in [3.05, 3.63) is 17.5 Å². The summed E-state index contributed by atoms with van der Waals surface area (Å²) < 4.78 is 29.8. The molecule has 0 saturated heterocycles. The molecule has 0 unspecified atom stereocenters. The fraction of sp³-hybridized carbons (Fsp3) is 0.769. The Labute approximate surface area is 121 Å². The van der Waals surface area contributed by atoms with Crippen LogP contribution in [0.5, 0.6) is 0 Å². The average Bonchev–Trinajstić information content (AvgIpc) is 2.77. The quantitative estimate of drug-likeness (QED) is 0.728. The van der Waals surface area contributed by atoms with Crippen molar-refractivity contribution in [2.75, 3.05) is 33.4 Å². The molecule has 1 aromatic rings. The first-order chi connectivity index (χ1) is 9.22. The Morgan fingerprint density at radius 2 is 1.95 bits per heavy atom. The second kappa shape index (κ2) is 7.19. The summed E-state index contributed by atoms with van der Waals surface area (Å²) in [5.74, 6) is 1.33. The minimum absolute atomic E-state index is 0.165. The molecule has 0 amide bonds. The fourth-order valence-electron chi connectivity index (χ4n) is 1.72. The average molecular weight is 303 g/mol. The first-order valence-electron chi connectivity index (χ1n) is 6.76. The van der Waals surface area contributed by atoms with Crippen molar-refractivity contribution in [1.29, 1.82) is 0 Å². The van der Waals surface area contributed by atoms with Gasteiger partial charge in [0.2, 0.25) is 10.0 Å². The van der Waals surface area contributed by atoms with E-state index in [-0.39, 0.29) is 5.75 Å². The first-order valence-corrected chi connectivity index (χ1v) is 8.37. The number of sulfonamides is 1. The molecule has 0 bridgehead atoms. The van der Waals surface area contributed by atoms with E-state index in [1.807, 2.05) is 18.0 Å². The van der Waals surface area contributed by atoms with E-state index in [2.05, 4.69) is 19.0 Å². The van der Waals surface area contributed by atoms with Crippen LogP contribution >= 0.6 is 0 Å². The Bertz CT molecular complexity index is 509. The molecule has 1 rings (SSSR count). The molecule has 0 atom stereocenters. The lowest BCUT2D eigenvalue weighted by atomic mass is 10.1. The molecule has 20 heavy (non-hydrogen) atoms. The predicted octanol–water partition coefficient (Wildman–Crippen LogP) is 1.51. The van der Waals surface area contributed by atoms with Gasteiger partial charge in [0.05, 0.1) is 18.0 Å². The van der Waals surface area contributed by atoms with Crippen LogP contribution < -0.4 is 0 Å². The lowest BCUT2D eigenvalue weighted by molar-refractivity contribution is 0.271. The van der Waals surface area contributed by atoms with Gasteiger partial charge in [-0.2, -0.15) is 0 Å². The number of nitrogens with zero attached hydrogens (tertiary/aromatic N) is 3. The summed E-state index contributed by atoms with van der Waals surface area (Å²) in [5, 5.41) is 4.01. The third-order valence-electron chi connectivity index (χ3n) is 3.09. The summed E-state index contributed by atoms with van der Waals surface area (Å²) in [7, 11) is 1.95. The summed E-state index contributed by atoms with van der Waals surface area (Å²) in [6.07, 6.45) is 0.599. The van der Waals surface area contributed by atoms with Crippen LogP contribution in [0, 0.1) is 0 Å². The maximum atomic E-state index is 11.6. The van der Waals surface area contributed by atoms with Crippen molar-refractivity contribution >= 4 is 10.0 Å². The molecule has 0 aliphatic rings. The van der Waals surface area contributed by atoms with Gasteiger partial charge < -0.3 is 4.52 Å². The molecule has 0 aliphatic heterocycles. The van der Waals surface area contributed by atoms with Crippen molar-refractivity contribution in [3.63, 3.8) is 0 Å². The molecule has 1 aromatic heterocycles. The molecular formula is C13H25N3O3S. The molecule has 0 aliphatic carbocycles. The van der Waals surface area contributed by atoms with Gasteiger partial charge in [-0.05, 0) is 25.9 Å². The minimum Gasteiger partial charge on any atom is -0.360 e. The van der Waals surface area contributed by atoms with Crippen LogP contribution in [0.3, 0.4) is 0 Å². The predicted molar refractivity (Wildman–Crippen MR) is 79.0 cm³/mol. The molecule has 0 fully saturated rings. The lowest BCUT2D eigenvalue weighted by Gasteiger charge is -2.16. The third-order valence-corrected chi connectivity index (χ3v) is 5.01. The lowest BCUT2D eigenvalue weighted by Crippen LogP contribution is -2.28. The molecule has 116 valence electrons. The largest absolute Gasteiger partial charge is 0.360 e. The van der Waals surface area contributed by atoms with E-state index in [9.17, 15) is 8.42 Å². The van der Waals surface area contributed by atoms with Gasteiger partial charge >= 0.3 is 0 Å². The Morgan fingerprint density at radius 3 is 2.45 bits per heavy atom. The van der Waals surface area contributed by atoms with Gasteiger partial charge in [0.1, 0.15) is 0 Å². The molecule has 0 aromatic carbocycles. The summed E-state index contributed by atoms with van der Waals surface area (Å²) in [5.41, 5.74) is 0.948. The molecule has 7 heteroatoms. The molecule has 1 heterocycles. The Morgan fingerprint density at radius 1 is 1.30 bits per heavy atom. The van der Waals surface area contributed by atoms with Crippen LogP contribution in [0.15, 0.2) is 10.6 Å². The van der Waals surface area contributed by atoms with Crippen LogP contribution in [0.25, 0.3) is 0 Å². The highest BCUT2D eigenvalue weighted by Gasteiger charge is 2.14. The Balaban J connectivity index is 2.38. The summed E-state index contributed by atoms with van der Waals surface area (Å²) in [6, 6.07) is 1.96. The fourth-order valence-corrected chi connectivity index (χ4v) is 2.58. The van der Waals surface area contributed by atoms with Gasteiger partial charge in [-0.3, -0.25) is 4.90 Å². The van der Waals surface area contributed by atoms with E-state index in [1.165, 1.54) is 4.31 Å². The Hall–Kier alpha value is -0.920.